The molecule has 1 aromatic heterocycles. The molecular weight excluding hydrogens is 254 g/mol. The van der Waals surface area contributed by atoms with Gasteiger partial charge in [-0.3, -0.25) is 0 Å². The monoisotopic (exact) mass is 281 g/mol. The molecule has 108 valence electrons. The molecule has 1 saturated carbocycles. The quantitative estimate of drug-likeness (QED) is 0.749. The predicted octanol–water partition coefficient (Wildman–Crippen LogP) is 5.10. The van der Waals surface area contributed by atoms with Crippen LogP contribution in [0.3, 0.4) is 0 Å². The van der Waals surface area contributed by atoms with Crippen LogP contribution >= 0.6 is 11.3 Å². The van der Waals surface area contributed by atoms with Crippen LogP contribution in [-0.4, -0.2) is 11.6 Å². The Bertz CT molecular complexity index is 399. The zero-order valence-corrected chi connectivity index (χ0v) is 13.6. The number of rotatable bonds is 5. The molecule has 0 saturated heterocycles. The van der Waals surface area contributed by atoms with Gasteiger partial charge in [-0.15, -0.1) is 11.3 Å². The highest BCUT2D eigenvalue weighted by atomic mass is 32.1. The number of thiazole rings is 1. The molecule has 0 N–H and O–H groups in total. The highest BCUT2D eigenvalue weighted by Gasteiger charge is 2.40. The number of nitrogens with zero attached hydrogens (tertiary/aromatic N) is 1. The summed E-state index contributed by atoms with van der Waals surface area (Å²) in [5, 5.41) is 3.46. The maximum Gasteiger partial charge on any atom is 0.125 e. The topological polar surface area (TPSA) is 22.1 Å². The van der Waals surface area contributed by atoms with E-state index in [9.17, 15) is 0 Å². The van der Waals surface area contributed by atoms with E-state index in [4.69, 9.17) is 9.72 Å². The fraction of sp³-hybridized carbons (Fsp3) is 0.812. The minimum atomic E-state index is -0.0944. The number of hydrogen-bond donors (Lipinski definition) is 0. The smallest absolute Gasteiger partial charge is 0.125 e. The summed E-state index contributed by atoms with van der Waals surface area (Å²) in [6.45, 7) is 9.71. The van der Waals surface area contributed by atoms with Gasteiger partial charge in [0, 0.05) is 12.0 Å². The van der Waals surface area contributed by atoms with Gasteiger partial charge in [0.05, 0.1) is 5.69 Å². The van der Waals surface area contributed by atoms with Crippen LogP contribution in [0.2, 0.25) is 0 Å². The largest absolute Gasteiger partial charge is 0.368 e. The lowest BCUT2D eigenvalue weighted by Gasteiger charge is -2.38. The standard InChI is InChI=1S/C16H27NOS/c1-5-13(4)14-11-19-15(17-14)16(18-6-2)9-7-8-12(3)10-16/h11-13H,5-10H2,1-4H3. The molecule has 3 unspecified atom stereocenters. The van der Waals surface area contributed by atoms with Gasteiger partial charge >= 0.3 is 0 Å². The Hall–Kier alpha value is -0.410. The third-order valence-corrected chi connectivity index (χ3v) is 5.45. The second kappa shape index (κ2) is 6.36. The molecule has 1 fully saturated rings. The second-order valence-electron chi connectivity index (χ2n) is 6.02. The van der Waals surface area contributed by atoms with Crippen molar-refractivity contribution in [2.75, 3.05) is 6.61 Å². The third kappa shape index (κ3) is 3.19. The van der Waals surface area contributed by atoms with Crippen LogP contribution in [0.4, 0.5) is 0 Å². The van der Waals surface area contributed by atoms with E-state index in [-0.39, 0.29) is 5.60 Å². The molecule has 1 aromatic rings. The van der Waals surface area contributed by atoms with E-state index in [0.29, 0.717) is 5.92 Å². The van der Waals surface area contributed by atoms with E-state index in [1.54, 1.807) is 11.3 Å². The Balaban J connectivity index is 2.25. The molecule has 0 aliphatic heterocycles. The summed E-state index contributed by atoms with van der Waals surface area (Å²) in [6.07, 6.45) is 6.02. The van der Waals surface area contributed by atoms with Crippen molar-refractivity contribution < 1.29 is 4.74 Å². The van der Waals surface area contributed by atoms with Crippen molar-refractivity contribution in [1.29, 1.82) is 0 Å². The fourth-order valence-electron chi connectivity index (χ4n) is 3.10. The SMILES string of the molecule is CCOC1(c2nc(C(C)CC)cs2)CCCC(C)C1. The van der Waals surface area contributed by atoms with E-state index in [1.807, 2.05) is 0 Å². The van der Waals surface area contributed by atoms with Gasteiger partial charge in [-0.25, -0.2) is 4.98 Å². The summed E-state index contributed by atoms with van der Waals surface area (Å²) < 4.78 is 6.20. The van der Waals surface area contributed by atoms with Crippen molar-refractivity contribution in [3.05, 3.63) is 16.1 Å². The summed E-state index contributed by atoms with van der Waals surface area (Å²) in [7, 11) is 0. The molecule has 3 atom stereocenters. The molecule has 0 aromatic carbocycles. The lowest BCUT2D eigenvalue weighted by Crippen LogP contribution is -2.35. The van der Waals surface area contributed by atoms with Gasteiger partial charge in [-0.1, -0.05) is 27.2 Å². The third-order valence-electron chi connectivity index (χ3n) is 4.41. The molecule has 0 amide bonds. The molecule has 0 spiro atoms. The van der Waals surface area contributed by atoms with Gasteiger partial charge in [0.2, 0.25) is 0 Å². The molecule has 3 heteroatoms. The first kappa shape index (κ1) is 15.0. The summed E-state index contributed by atoms with van der Waals surface area (Å²) in [5.41, 5.74) is 1.16. The van der Waals surface area contributed by atoms with Crippen LogP contribution in [-0.2, 0) is 10.3 Å². The lowest BCUT2D eigenvalue weighted by atomic mass is 9.79. The van der Waals surface area contributed by atoms with Crippen molar-refractivity contribution in [1.82, 2.24) is 4.98 Å². The van der Waals surface area contributed by atoms with Crippen LogP contribution < -0.4 is 0 Å². The fourth-order valence-corrected chi connectivity index (χ4v) is 4.23. The van der Waals surface area contributed by atoms with E-state index < -0.39 is 0 Å². The average Bonchev–Trinajstić information content (AvgIpc) is 2.88. The van der Waals surface area contributed by atoms with Gasteiger partial charge in [0.25, 0.3) is 0 Å². The molecule has 1 aliphatic rings. The second-order valence-corrected chi connectivity index (χ2v) is 6.87. The summed E-state index contributed by atoms with van der Waals surface area (Å²) in [5.74, 6) is 1.31. The Morgan fingerprint density at radius 2 is 2.32 bits per heavy atom. The zero-order chi connectivity index (χ0) is 13.9. The van der Waals surface area contributed by atoms with Gasteiger partial charge < -0.3 is 4.74 Å². The van der Waals surface area contributed by atoms with Crippen molar-refractivity contribution in [3.8, 4) is 0 Å². The molecule has 1 heterocycles. The number of aromatic nitrogens is 1. The maximum atomic E-state index is 6.20. The van der Waals surface area contributed by atoms with E-state index in [0.717, 1.165) is 31.8 Å². The highest BCUT2D eigenvalue weighted by Crippen LogP contribution is 2.44. The van der Waals surface area contributed by atoms with Crippen molar-refractivity contribution in [2.45, 2.75) is 71.3 Å². The summed E-state index contributed by atoms with van der Waals surface area (Å²) >= 11 is 1.80. The van der Waals surface area contributed by atoms with Crippen LogP contribution in [0.15, 0.2) is 5.38 Å². The van der Waals surface area contributed by atoms with Crippen molar-refractivity contribution in [3.63, 3.8) is 0 Å². The van der Waals surface area contributed by atoms with E-state index >= 15 is 0 Å². The minimum absolute atomic E-state index is 0.0944. The molecule has 0 bridgehead atoms. The minimum Gasteiger partial charge on any atom is -0.368 e. The molecular formula is C16H27NOS. The van der Waals surface area contributed by atoms with Crippen LogP contribution in [0.1, 0.15) is 76.4 Å². The lowest BCUT2D eigenvalue weighted by molar-refractivity contribution is -0.0821. The van der Waals surface area contributed by atoms with Crippen LogP contribution in [0, 0.1) is 5.92 Å². The number of hydrogen-bond acceptors (Lipinski definition) is 3. The van der Waals surface area contributed by atoms with Gasteiger partial charge in [0.15, 0.2) is 0 Å². The van der Waals surface area contributed by atoms with E-state index in [1.165, 1.54) is 23.5 Å². The predicted molar refractivity (Wildman–Crippen MR) is 81.8 cm³/mol. The normalized spacial score (nSPS) is 29.4. The van der Waals surface area contributed by atoms with Crippen molar-refractivity contribution >= 4 is 11.3 Å². The van der Waals surface area contributed by atoms with Crippen molar-refractivity contribution in [2.24, 2.45) is 5.92 Å². The van der Waals surface area contributed by atoms with Crippen LogP contribution in [0.5, 0.6) is 0 Å². The first-order valence-corrected chi connectivity index (χ1v) is 8.59. The number of ether oxygens (including phenoxy) is 1. The van der Waals surface area contributed by atoms with Gasteiger partial charge in [-0.2, -0.15) is 0 Å². The Kier molecular flexibility index (Phi) is 5.02. The van der Waals surface area contributed by atoms with Gasteiger partial charge in [-0.05, 0) is 44.4 Å². The van der Waals surface area contributed by atoms with E-state index in [2.05, 4.69) is 33.1 Å². The molecule has 19 heavy (non-hydrogen) atoms. The van der Waals surface area contributed by atoms with Gasteiger partial charge in [0.1, 0.15) is 10.6 Å². The Labute approximate surface area is 121 Å². The van der Waals surface area contributed by atoms with Crippen LogP contribution in [0.25, 0.3) is 0 Å². The highest BCUT2D eigenvalue weighted by molar-refractivity contribution is 7.09. The average molecular weight is 281 g/mol. The zero-order valence-electron chi connectivity index (χ0n) is 12.7. The molecule has 0 radical (unpaired) electrons. The Morgan fingerprint density at radius 1 is 1.53 bits per heavy atom. The molecule has 2 nitrogen and oxygen atoms in total. The maximum absolute atomic E-state index is 6.20. The molecule has 2 rings (SSSR count). The molecule has 1 aliphatic carbocycles. The first-order valence-electron chi connectivity index (χ1n) is 7.71. The first-order chi connectivity index (χ1) is 9.11. The summed E-state index contributed by atoms with van der Waals surface area (Å²) in [6, 6.07) is 0. The Morgan fingerprint density at radius 3 is 2.95 bits per heavy atom. The summed E-state index contributed by atoms with van der Waals surface area (Å²) in [4.78, 5) is 4.92.